The number of nitrogens with zero attached hydrogens (tertiary/aromatic N) is 1. The fourth-order valence-electron chi connectivity index (χ4n) is 2.92. The summed E-state index contributed by atoms with van der Waals surface area (Å²) in [6, 6.07) is 9.86. The molecule has 1 saturated carbocycles. The van der Waals surface area contributed by atoms with E-state index in [0.717, 1.165) is 19.0 Å². The number of piperazine rings is 1. The Morgan fingerprint density at radius 1 is 1.05 bits per heavy atom. The zero-order valence-corrected chi connectivity index (χ0v) is 13.1. The van der Waals surface area contributed by atoms with Crippen molar-refractivity contribution in [3.05, 3.63) is 35.4 Å². The van der Waals surface area contributed by atoms with Crippen molar-refractivity contribution in [2.45, 2.75) is 25.8 Å². The third-order valence-electron chi connectivity index (χ3n) is 4.03. The predicted octanol–water partition coefficient (Wildman–Crippen LogP) is 3.19. The molecule has 1 aliphatic heterocycles. The van der Waals surface area contributed by atoms with Gasteiger partial charge in [-0.2, -0.15) is 0 Å². The van der Waals surface area contributed by atoms with Crippen molar-refractivity contribution < 1.29 is 0 Å². The van der Waals surface area contributed by atoms with E-state index in [0.29, 0.717) is 6.04 Å². The van der Waals surface area contributed by atoms with E-state index in [2.05, 4.69) is 41.4 Å². The number of halogens is 2. The average Bonchev–Trinajstić information content (AvgIpc) is 3.18. The van der Waals surface area contributed by atoms with E-state index in [9.17, 15) is 0 Å². The number of nitrogens with one attached hydrogen (secondary N) is 1. The third-order valence-corrected chi connectivity index (χ3v) is 4.03. The van der Waals surface area contributed by atoms with E-state index < -0.39 is 0 Å². The van der Waals surface area contributed by atoms with Gasteiger partial charge in [0.15, 0.2) is 0 Å². The monoisotopic (exact) mass is 302 g/mol. The van der Waals surface area contributed by atoms with Crippen LogP contribution < -0.4 is 5.32 Å². The Balaban J connectivity index is 0.000000902. The van der Waals surface area contributed by atoms with Crippen molar-refractivity contribution in [3.63, 3.8) is 0 Å². The minimum Gasteiger partial charge on any atom is -0.314 e. The largest absolute Gasteiger partial charge is 0.314 e. The molecule has 1 aromatic carbocycles. The molecule has 3 rings (SSSR count). The summed E-state index contributed by atoms with van der Waals surface area (Å²) in [4.78, 5) is 2.68. The summed E-state index contributed by atoms with van der Waals surface area (Å²) in [5, 5.41) is 3.45. The fourth-order valence-corrected chi connectivity index (χ4v) is 2.92. The van der Waals surface area contributed by atoms with Gasteiger partial charge in [0.1, 0.15) is 0 Å². The second kappa shape index (κ2) is 7.49. The normalized spacial score (nSPS) is 21.1. The van der Waals surface area contributed by atoms with E-state index in [1.54, 1.807) is 0 Å². The summed E-state index contributed by atoms with van der Waals surface area (Å²) in [5.41, 5.74) is 2.89. The van der Waals surface area contributed by atoms with Crippen LogP contribution >= 0.6 is 24.8 Å². The maximum atomic E-state index is 3.45. The SMILES string of the molecule is Cc1ccc([C@H](C2CC2)N2CCNCC2)cc1.Cl.Cl. The highest BCUT2D eigenvalue weighted by atomic mass is 35.5. The molecule has 19 heavy (non-hydrogen) atoms. The van der Waals surface area contributed by atoms with Gasteiger partial charge in [0.05, 0.1) is 0 Å². The first-order valence-electron chi connectivity index (χ1n) is 6.86. The maximum absolute atomic E-state index is 3.45. The van der Waals surface area contributed by atoms with Crippen molar-refractivity contribution in [3.8, 4) is 0 Å². The molecule has 2 aliphatic rings. The van der Waals surface area contributed by atoms with Gasteiger partial charge >= 0.3 is 0 Å². The zero-order valence-electron chi connectivity index (χ0n) is 11.5. The lowest BCUT2D eigenvalue weighted by Crippen LogP contribution is -2.45. The van der Waals surface area contributed by atoms with E-state index in [4.69, 9.17) is 0 Å². The van der Waals surface area contributed by atoms with Crippen molar-refractivity contribution in [1.29, 1.82) is 0 Å². The molecule has 1 atom stereocenters. The van der Waals surface area contributed by atoms with Crippen molar-refractivity contribution >= 4 is 24.8 Å². The second-order valence-electron chi connectivity index (χ2n) is 5.48. The van der Waals surface area contributed by atoms with Crippen LogP contribution in [0.2, 0.25) is 0 Å². The van der Waals surface area contributed by atoms with Crippen LogP contribution in [0.15, 0.2) is 24.3 Å². The Hall–Kier alpha value is -0.280. The molecule has 1 heterocycles. The molecule has 0 unspecified atom stereocenters. The van der Waals surface area contributed by atoms with Gasteiger partial charge in [-0.15, -0.1) is 24.8 Å². The summed E-state index contributed by atoms with van der Waals surface area (Å²) >= 11 is 0. The highest BCUT2D eigenvalue weighted by Crippen LogP contribution is 2.44. The van der Waals surface area contributed by atoms with Crippen LogP contribution in [0.3, 0.4) is 0 Å². The fraction of sp³-hybridized carbons (Fsp3) is 0.600. The zero-order chi connectivity index (χ0) is 11.7. The molecule has 108 valence electrons. The molecule has 1 saturated heterocycles. The molecule has 0 aromatic heterocycles. The Bertz CT molecular complexity index is 370. The van der Waals surface area contributed by atoms with Crippen LogP contribution in [0.5, 0.6) is 0 Å². The second-order valence-corrected chi connectivity index (χ2v) is 5.48. The van der Waals surface area contributed by atoms with Crippen LogP contribution in [0.4, 0.5) is 0 Å². The van der Waals surface area contributed by atoms with Crippen molar-refractivity contribution in [2.75, 3.05) is 26.2 Å². The Labute approximate surface area is 128 Å². The first-order valence-corrected chi connectivity index (χ1v) is 6.86. The smallest absolute Gasteiger partial charge is 0.0377 e. The minimum atomic E-state index is 0. The van der Waals surface area contributed by atoms with Crippen LogP contribution in [-0.2, 0) is 0 Å². The number of hydrogen-bond donors (Lipinski definition) is 1. The molecular weight excluding hydrogens is 279 g/mol. The number of benzene rings is 1. The molecule has 2 nitrogen and oxygen atoms in total. The Morgan fingerprint density at radius 2 is 1.63 bits per heavy atom. The van der Waals surface area contributed by atoms with E-state index >= 15 is 0 Å². The standard InChI is InChI=1S/C15H22N2.2ClH/c1-12-2-4-13(5-3-12)15(14-6-7-14)17-10-8-16-9-11-17;;/h2-5,14-16H,6-11H2,1H3;2*1H/t15-;;/m1../s1. The van der Waals surface area contributed by atoms with E-state index in [1.807, 2.05) is 0 Å². The summed E-state index contributed by atoms with van der Waals surface area (Å²) in [7, 11) is 0. The Morgan fingerprint density at radius 3 is 2.16 bits per heavy atom. The summed E-state index contributed by atoms with van der Waals surface area (Å²) in [5.74, 6) is 0.913. The molecule has 1 aliphatic carbocycles. The van der Waals surface area contributed by atoms with Crippen LogP contribution in [0.1, 0.15) is 30.0 Å². The molecule has 1 N–H and O–H groups in total. The molecular formula is C15H24Cl2N2. The van der Waals surface area contributed by atoms with Crippen LogP contribution in [0, 0.1) is 12.8 Å². The third kappa shape index (κ3) is 4.09. The average molecular weight is 303 g/mol. The van der Waals surface area contributed by atoms with Gasteiger partial charge in [0.25, 0.3) is 0 Å². The van der Waals surface area contributed by atoms with Gasteiger partial charge in [-0.25, -0.2) is 0 Å². The van der Waals surface area contributed by atoms with Crippen LogP contribution in [-0.4, -0.2) is 31.1 Å². The number of aryl methyl sites for hydroxylation is 1. The summed E-state index contributed by atoms with van der Waals surface area (Å²) < 4.78 is 0. The van der Waals surface area contributed by atoms with E-state index in [1.165, 1.54) is 37.1 Å². The molecule has 0 amide bonds. The van der Waals surface area contributed by atoms with Crippen LogP contribution in [0.25, 0.3) is 0 Å². The quantitative estimate of drug-likeness (QED) is 0.922. The highest BCUT2D eigenvalue weighted by Gasteiger charge is 2.36. The van der Waals surface area contributed by atoms with E-state index in [-0.39, 0.29) is 24.8 Å². The lowest BCUT2D eigenvalue weighted by molar-refractivity contribution is 0.156. The molecule has 0 radical (unpaired) electrons. The van der Waals surface area contributed by atoms with Gasteiger partial charge < -0.3 is 5.32 Å². The van der Waals surface area contributed by atoms with Crippen molar-refractivity contribution in [2.24, 2.45) is 5.92 Å². The minimum absolute atomic E-state index is 0. The number of hydrogen-bond acceptors (Lipinski definition) is 2. The van der Waals surface area contributed by atoms with Gasteiger partial charge in [-0.05, 0) is 31.2 Å². The summed E-state index contributed by atoms with van der Waals surface area (Å²) in [6.45, 7) is 6.87. The maximum Gasteiger partial charge on any atom is 0.0377 e. The van der Waals surface area contributed by atoms with Gasteiger partial charge in [-0.1, -0.05) is 29.8 Å². The van der Waals surface area contributed by atoms with Gasteiger partial charge in [0.2, 0.25) is 0 Å². The van der Waals surface area contributed by atoms with Crippen molar-refractivity contribution in [1.82, 2.24) is 10.2 Å². The van der Waals surface area contributed by atoms with Gasteiger partial charge in [-0.3, -0.25) is 4.90 Å². The highest BCUT2D eigenvalue weighted by molar-refractivity contribution is 5.85. The molecule has 4 heteroatoms. The predicted molar refractivity (Wildman–Crippen MR) is 85.6 cm³/mol. The summed E-state index contributed by atoms with van der Waals surface area (Å²) in [6.07, 6.45) is 2.84. The van der Waals surface area contributed by atoms with Gasteiger partial charge in [0, 0.05) is 32.2 Å². The first-order chi connectivity index (χ1) is 8.34. The number of rotatable bonds is 3. The molecule has 0 spiro atoms. The Kier molecular flexibility index (Phi) is 6.61. The molecule has 0 bridgehead atoms. The molecule has 2 fully saturated rings. The lowest BCUT2D eigenvalue weighted by atomic mass is 9.99. The molecule has 1 aromatic rings. The first kappa shape index (κ1) is 16.8. The lowest BCUT2D eigenvalue weighted by Gasteiger charge is -2.35. The topological polar surface area (TPSA) is 15.3 Å².